The number of fused-ring (bicyclic) bond motifs is 2. The maximum Gasteiger partial charge on any atom is 0.330 e. The summed E-state index contributed by atoms with van der Waals surface area (Å²) in [6.45, 7) is 0.805. The molecule has 1 saturated heterocycles. The van der Waals surface area contributed by atoms with Gasteiger partial charge in [0, 0.05) is 38.0 Å². The molecule has 11 nitrogen and oxygen atoms in total. The van der Waals surface area contributed by atoms with Crippen molar-refractivity contribution in [2.24, 2.45) is 5.92 Å². The van der Waals surface area contributed by atoms with Gasteiger partial charge in [0.1, 0.15) is 11.6 Å². The van der Waals surface area contributed by atoms with Gasteiger partial charge in [-0.05, 0) is 30.9 Å². The lowest BCUT2D eigenvalue weighted by Crippen LogP contribution is -2.54. The maximum atomic E-state index is 13.4. The second-order valence-electron chi connectivity index (χ2n) is 9.56. The Hall–Kier alpha value is -3.76. The number of carboxylic acids is 1. The van der Waals surface area contributed by atoms with Gasteiger partial charge in [-0.1, -0.05) is 42.5 Å². The average Bonchev–Trinajstić information content (AvgIpc) is 3.18. The minimum atomic E-state index is -1.32. The first-order chi connectivity index (χ1) is 16.9. The summed E-state index contributed by atoms with van der Waals surface area (Å²) in [5.41, 5.74) is -0.497. The van der Waals surface area contributed by atoms with Crippen LogP contribution in [0.4, 0.5) is 4.79 Å². The Morgan fingerprint density at radius 2 is 2.00 bits per heavy atom. The second kappa shape index (κ2) is 9.12. The standard InChI is InChI=1S/C24H29N7O4/c1-29-12-8-3-2-7-11-17-14-24(17,22(33)34)25-21(32)19-13-18(15-30(19)23(29)35)31-27-20(26-28-31)16-9-5-4-6-10-16/h4-7,9-11,17-19H,2-3,8,12-15H2,1H3,(H,25,32)(H,33,34)/b11-7-/t17-,18+,19-,24-/m0/s1. The summed E-state index contributed by atoms with van der Waals surface area (Å²) in [5.74, 6) is -1.30. The maximum absolute atomic E-state index is 13.4. The number of nitrogens with zero attached hydrogens (tertiary/aromatic N) is 6. The SMILES string of the molecule is CN1CCCC/C=C\[C@H]2C[C@]2(C(=O)O)NC(=O)[C@@H]2C[C@@H](n3nnc(-c4ccccc4)n3)CN2C1=O. The Balaban J connectivity index is 1.41. The third kappa shape index (κ3) is 4.38. The van der Waals surface area contributed by atoms with Crippen molar-refractivity contribution in [1.29, 1.82) is 0 Å². The summed E-state index contributed by atoms with van der Waals surface area (Å²) in [6.07, 6.45) is 7.01. The molecule has 35 heavy (non-hydrogen) atoms. The van der Waals surface area contributed by atoms with Gasteiger partial charge >= 0.3 is 12.0 Å². The number of nitrogens with one attached hydrogen (secondary N) is 1. The van der Waals surface area contributed by atoms with Crippen LogP contribution in [0.25, 0.3) is 11.4 Å². The van der Waals surface area contributed by atoms with E-state index in [0.717, 1.165) is 24.8 Å². The molecule has 3 heterocycles. The average molecular weight is 480 g/mol. The van der Waals surface area contributed by atoms with E-state index in [1.165, 1.54) is 9.70 Å². The minimum Gasteiger partial charge on any atom is -0.479 e. The minimum absolute atomic E-state index is 0.231. The fourth-order valence-corrected chi connectivity index (χ4v) is 4.98. The number of amides is 3. The van der Waals surface area contributed by atoms with E-state index in [1.807, 2.05) is 42.5 Å². The molecule has 184 valence electrons. The summed E-state index contributed by atoms with van der Waals surface area (Å²) in [5, 5.41) is 25.5. The molecule has 4 atom stereocenters. The first kappa shape index (κ1) is 23.0. The molecule has 1 aromatic carbocycles. The number of carbonyl (C=O) groups is 3. The summed E-state index contributed by atoms with van der Waals surface area (Å²) >= 11 is 0. The van der Waals surface area contributed by atoms with Crippen LogP contribution in [0.5, 0.6) is 0 Å². The summed E-state index contributed by atoms with van der Waals surface area (Å²) in [7, 11) is 1.73. The van der Waals surface area contributed by atoms with E-state index in [4.69, 9.17) is 0 Å². The molecule has 3 aliphatic rings. The van der Waals surface area contributed by atoms with Gasteiger partial charge in [-0.15, -0.1) is 10.2 Å². The highest BCUT2D eigenvalue weighted by atomic mass is 16.4. The van der Waals surface area contributed by atoms with E-state index >= 15 is 0 Å². The van der Waals surface area contributed by atoms with E-state index in [0.29, 0.717) is 18.8 Å². The van der Waals surface area contributed by atoms with Crippen molar-refractivity contribution in [3.8, 4) is 11.4 Å². The van der Waals surface area contributed by atoms with Crippen LogP contribution < -0.4 is 5.32 Å². The summed E-state index contributed by atoms with van der Waals surface area (Å²) in [6, 6.07) is 7.99. The third-order valence-electron chi connectivity index (χ3n) is 7.17. The number of aliphatic carboxylic acids is 1. The van der Waals surface area contributed by atoms with Crippen LogP contribution in [0.2, 0.25) is 0 Å². The predicted molar refractivity (Wildman–Crippen MR) is 125 cm³/mol. The topological polar surface area (TPSA) is 134 Å². The lowest BCUT2D eigenvalue weighted by Gasteiger charge is -2.29. The molecule has 2 aromatic rings. The Labute approximate surface area is 202 Å². The van der Waals surface area contributed by atoms with Crippen molar-refractivity contribution in [2.45, 2.75) is 49.7 Å². The zero-order valence-corrected chi connectivity index (χ0v) is 19.6. The van der Waals surface area contributed by atoms with E-state index in [-0.39, 0.29) is 31.0 Å². The molecule has 2 aliphatic heterocycles. The van der Waals surface area contributed by atoms with Crippen molar-refractivity contribution < 1.29 is 19.5 Å². The predicted octanol–water partition coefficient (Wildman–Crippen LogP) is 1.71. The number of hydrogen-bond donors (Lipinski definition) is 2. The number of aromatic nitrogens is 4. The van der Waals surface area contributed by atoms with Crippen LogP contribution in [0, 0.1) is 5.92 Å². The number of tetrazole rings is 1. The van der Waals surface area contributed by atoms with Gasteiger partial charge in [0.2, 0.25) is 11.7 Å². The molecule has 1 aromatic heterocycles. The zero-order valence-electron chi connectivity index (χ0n) is 19.6. The fraction of sp³-hybridized carbons (Fsp3) is 0.500. The number of benzene rings is 1. The van der Waals surface area contributed by atoms with Gasteiger partial charge in [-0.25, -0.2) is 9.59 Å². The number of rotatable bonds is 3. The van der Waals surface area contributed by atoms with Crippen LogP contribution in [-0.4, -0.2) is 84.7 Å². The first-order valence-corrected chi connectivity index (χ1v) is 12.0. The highest BCUT2D eigenvalue weighted by Gasteiger charge is 2.61. The molecular weight excluding hydrogens is 450 g/mol. The van der Waals surface area contributed by atoms with Crippen LogP contribution in [-0.2, 0) is 9.59 Å². The van der Waals surface area contributed by atoms with Crippen molar-refractivity contribution in [3.63, 3.8) is 0 Å². The molecule has 1 aliphatic carbocycles. The van der Waals surface area contributed by atoms with Crippen molar-refractivity contribution in [2.75, 3.05) is 20.1 Å². The summed E-state index contributed by atoms with van der Waals surface area (Å²) < 4.78 is 0. The van der Waals surface area contributed by atoms with E-state index < -0.39 is 23.5 Å². The first-order valence-electron chi connectivity index (χ1n) is 12.0. The molecule has 3 amide bonds. The fourth-order valence-electron chi connectivity index (χ4n) is 4.98. The quantitative estimate of drug-likeness (QED) is 0.640. The van der Waals surface area contributed by atoms with E-state index in [2.05, 4.69) is 20.7 Å². The Kier molecular flexibility index (Phi) is 6.00. The highest BCUT2D eigenvalue weighted by molar-refractivity contribution is 5.94. The molecule has 11 heteroatoms. The Morgan fingerprint density at radius 3 is 2.77 bits per heavy atom. The lowest BCUT2D eigenvalue weighted by atomic mass is 10.1. The number of allylic oxidation sites excluding steroid dienone is 1. The summed E-state index contributed by atoms with van der Waals surface area (Å²) in [4.78, 5) is 43.4. The van der Waals surface area contributed by atoms with Crippen molar-refractivity contribution in [3.05, 3.63) is 42.5 Å². The number of hydrogen-bond acceptors (Lipinski definition) is 6. The molecule has 1 saturated carbocycles. The van der Waals surface area contributed by atoms with Crippen LogP contribution in [0.15, 0.2) is 42.5 Å². The number of carboxylic acid groups (broad SMARTS) is 1. The molecule has 0 spiro atoms. The smallest absolute Gasteiger partial charge is 0.330 e. The zero-order chi connectivity index (χ0) is 24.6. The molecule has 0 bridgehead atoms. The van der Waals surface area contributed by atoms with E-state index in [9.17, 15) is 19.5 Å². The normalized spacial score (nSPS) is 30.1. The van der Waals surface area contributed by atoms with Crippen molar-refractivity contribution >= 4 is 17.9 Å². The molecular formula is C24H29N7O4. The molecule has 0 radical (unpaired) electrons. The Morgan fingerprint density at radius 1 is 1.20 bits per heavy atom. The Bertz CT molecular complexity index is 1150. The third-order valence-corrected chi connectivity index (χ3v) is 7.17. The molecule has 2 fully saturated rings. The van der Waals surface area contributed by atoms with Crippen LogP contribution in [0.3, 0.4) is 0 Å². The monoisotopic (exact) mass is 479 g/mol. The number of carbonyl (C=O) groups excluding carboxylic acids is 2. The van der Waals surface area contributed by atoms with Gasteiger partial charge in [-0.2, -0.15) is 4.80 Å². The largest absolute Gasteiger partial charge is 0.479 e. The van der Waals surface area contributed by atoms with Crippen molar-refractivity contribution in [1.82, 2.24) is 35.3 Å². The van der Waals surface area contributed by atoms with E-state index in [1.54, 1.807) is 11.9 Å². The highest BCUT2D eigenvalue weighted by Crippen LogP contribution is 2.45. The molecule has 0 unspecified atom stereocenters. The molecule has 5 rings (SSSR count). The lowest BCUT2D eigenvalue weighted by molar-refractivity contribution is -0.144. The van der Waals surface area contributed by atoms with Gasteiger partial charge in [0.25, 0.3) is 0 Å². The second-order valence-corrected chi connectivity index (χ2v) is 9.56. The molecule has 2 N–H and O–H groups in total. The van der Waals surface area contributed by atoms with Gasteiger partial charge in [0.15, 0.2) is 0 Å². The van der Waals surface area contributed by atoms with Gasteiger partial charge in [0.05, 0.1) is 6.04 Å². The van der Waals surface area contributed by atoms with Gasteiger partial charge in [-0.3, -0.25) is 4.79 Å². The number of urea groups is 1. The van der Waals surface area contributed by atoms with Crippen LogP contribution in [0.1, 0.15) is 38.1 Å². The van der Waals surface area contributed by atoms with Gasteiger partial charge < -0.3 is 20.2 Å². The van der Waals surface area contributed by atoms with Crippen LogP contribution >= 0.6 is 0 Å².